The van der Waals surface area contributed by atoms with Crippen molar-refractivity contribution in [1.29, 1.82) is 0 Å². The van der Waals surface area contributed by atoms with E-state index >= 15 is 0 Å². The summed E-state index contributed by atoms with van der Waals surface area (Å²) < 4.78 is 5.32. The van der Waals surface area contributed by atoms with Gasteiger partial charge in [-0.3, -0.25) is 0 Å². The Labute approximate surface area is 137 Å². The first kappa shape index (κ1) is 13.9. The Morgan fingerprint density at radius 3 is 2.43 bits per heavy atom. The topological polar surface area (TPSA) is 37.0 Å². The highest BCUT2D eigenvalue weighted by molar-refractivity contribution is 5.81. The number of methoxy groups -OCH3 is 1. The number of nitrogens with one attached hydrogen (secondary N) is 2. The Kier molecular flexibility index (Phi) is 3.03. The Balaban J connectivity index is 1.34. The lowest BCUT2D eigenvalue weighted by atomic mass is 9.53. The molecule has 0 aliphatic heterocycles. The lowest BCUT2D eigenvalue weighted by Crippen LogP contribution is -2.58. The molecule has 1 heterocycles. The van der Waals surface area contributed by atoms with Crippen molar-refractivity contribution >= 4 is 10.9 Å². The van der Waals surface area contributed by atoms with Crippen LogP contribution in [0.2, 0.25) is 0 Å². The normalized spacial score (nSPS) is 35.1. The van der Waals surface area contributed by atoms with Crippen molar-refractivity contribution in [2.75, 3.05) is 7.11 Å². The highest BCUT2D eigenvalue weighted by Gasteiger charge is 2.50. The average molecular weight is 310 g/mol. The van der Waals surface area contributed by atoms with Crippen molar-refractivity contribution in [2.24, 2.45) is 17.8 Å². The highest BCUT2D eigenvalue weighted by atomic mass is 16.5. The van der Waals surface area contributed by atoms with E-state index in [1.54, 1.807) is 7.11 Å². The number of aromatic amines is 1. The van der Waals surface area contributed by atoms with E-state index in [1.807, 2.05) is 6.07 Å². The summed E-state index contributed by atoms with van der Waals surface area (Å²) in [6.45, 7) is 0.961. The monoisotopic (exact) mass is 310 g/mol. The molecular weight excluding hydrogens is 284 g/mol. The third-order valence-electron chi connectivity index (χ3n) is 6.58. The van der Waals surface area contributed by atoms with E-state index in [4.69, 9.17) is 4.74 Å². The fraction of sp³-hybridized carbons (Fsp3) is 0.600. The molecule has 122 valence electrons. The van der Waals surface area contributed by atoms with E-state index in [1.165, 1.54) is 55.1 Å². The fourth-order valence-electron chi connectivity index (χ4n) is 6.00. The summed E-state index contributed by atoms with van der Waals surface area (Å²) in [6.07, 6.45) is 8.75. The van der Waals surface area contributed by atoms with Crippen LogP contribution in [0.5, 0.6) is 5.75 Å². The molecule has 4 saturated carbocycles. The Morgan fingerprint density at radius 2 is 1.78 bits per heavy atom. The molecule has 3 heteroatoms. The maximum absolute atomic E-state index is 5.32. The van der Waals surface area contributed by atoms with Gasteiger partial charge in [-0.25, -0.2) is 0 Å². The van der Waals surface area contributed by atoms with Gasteiger partial charge >= 0.3 is 0 Å². The molecule has 23 heavy (non-hydrogen) atoms. The molecule has 2 N–H and O–H groups in total. The average Bonchev–Trinajstić information content (AvgIpc) is 2.93. The molecule has 0 unspecified atom stereocenters. The van der Waals surface area contributed by atoms with Gasteiger partial charge in [0, 0.05) is 29.4 Å². The number of benzene rings is 1. The zero-order valence-electron chi connectivity index (χ0n) is 13.9. The molecule has 0 spiro atoms. The lowest BCUT2D eigenvalue weighted by molar-refractivity contribution is -0.0207. The van der Waals surface area contributed by atoms with Crippen LogP contribution in [-0.2, 0) is 6.54 Å². The van der Waals surface area contributed by atoms with Crippen LogP contribution in [0.4, 0.5) is 0 Å². The molecule has 0 amide bonds. The van der Waals surface area contributed by atoms with Crippen LogP contribution in [0.25, 0.3) is 10.9 Å². The standard InChI is InChI=1S/C20H26N2O/c1-23-18-3-2-16-7-17(22-19(16)8-18)12-21-20-9-13-4-14(10-20)6-15(5-13)11-20/h2-3,7-8,13-15,21-22H,4-6,9-12H2,1H3. The first-order valence-electron chi connectivity index (χ1n) is 9.12. The summed E-state index contributed by atoms with van der Waals surface area (Å²) in [5, 5.41) is 5.24. The van der Waals surface area contributed by atoms with Gasteiger partial charge in [0.2, 0.25) is 0 Å². The highest BCUT2D eigenvalue weighted by Crippen LogP contribution is 2.55. The summed E-state index contributed by atoms with van der Waals surface area (Å²) in [5.41, 5.74) is 2.90. The van der Waals surface area contributed by atoms with E-state index in [9.17, 15) is 0 Å². The second kappa shape index (κ2) is 5.01. The Bertz CT molecular complexity index is 697. The van der Waals surface area contributed by atoms with Crippen LogP contribution in [-0.4, -0.2) is 17.6 Å². The number of aromatic nitrogens is 1. The molecule has 2 aromatic rings. The van der Waals surface area contributed by atoms with Gasteiger partial charge in [0.05, 0.1) is 7.11 Å². The first-order chi connectivity index (χ1) is 11.2. The minimum absolute atomic E-state index is 0.434. The van der Waals surface area contributed by atoms with Crippen LogP contribution >= 0.6 is 0 Å². The van der Waals surface area contributed by atoms with Crippen molar-refractivity contribution < 1.29 is 4.74 Å². The van der Waals surface area contributed by atoms with Gasteiger partial charge < -0.3 is 15.0 Å². The molecular formula is C20H26N2O. The molecule has 3 nitrogen and oxygen atoms in total. The van der Waals surface area contributed by atoms with Crippen LogP contribution in [0, 0.1) is 17.8 Å². The zero-order chi connectivity index (χ0) is 15.4. The zero-order valence-corrected chi connectivity index (χ0v) is 13.9. The van der Waals surface area contributed by atoms with E-state index in [-0.39, 0.29) is 0 Å². The van der Waals surface area contributed by atoms with Gasteiger partial charge in [-0.05, 0) is 79.9 Å². The summed E-state index contributed by atoms with van der Waals surface area (Å²) in [6, 6.07) is 8.54. The molecule has 1 aromatic carbocycles. The molecule has 1 aromatic heterocycles. The maximum Gasteiger partial charge on any atom is 0.120 e. The van der Waals surface area contributed by atoms with Crippen LogP contribution < -0.4 is 10.1 Å². The number of hydrogen-bond donors (Lipinski definition) is 2. The number of H-pyrrole nitrogens is 1. The van der Waals surface area contributed by atoms with Crippen molar-refractivity contribution in [3.63, 3.8) is 0 Å². The van der Waals surface area contributed by atoms with Crippen molar-refractivity contribution in [3.05, 3.63) is 30.0 Å². The predicted molar refractivity (Wildman–Crippen MR) is 92.6 cm³/mol. The van der Waals surface area contributed by atoms with E-state index < -0.39 is 0 Å². The Hall–Kier alpha value is -1.48. The molecule has 6 rings (SSSR count). The molecule has 4 bridgehead atoms. The van der Waals surface area contributed by atoms with Gasteiger partial charge in [0.15, 0.2) is 0 Å². The van der Waals surface area contributed by atoms with Gasteiger partial charge in [0.25, 0.3) is 0 Å². The van der Waals surface area contributed by atoms with Crippen molar-refractivity contribution in [1.82, 2.24) is 10.3 Å². The van der Waals surface area contributed by atoms with Crippen LogP contribution in [0.1, 0.15) is 44.2 Å². The van der Waals surface area contributed by atoms with Gasteiger partial charge in [-0.2, -0.15) is 0 Å². The van der Waals surface area contributed by atoms with Crippen LogP contribution in [0.15, 0.2) is 24.3 Å². The minimum Gasteiger partial charge on any atom is -0.497 e. The number of hydrogen-bond acceptors (Lipinski definition) is 2. The number of rotatable bonds is 4. The third kappa shape index (κ3) is 2.37. The summed E-state index contributed by atoms with van der Waals surface area (Å²) in [4.78, 5) is 3.56. The second-order valence-electron chi connectivity index (χ2n) is 8.30. The SMILES string of the molecule is COc1ccc2cc(CNC34CC5CC(CC(C5)C3)C4)[nH]c2c1. The molecule has 4 aliphatic rings. The molecule has 4 fully saturated rings. The molecule has 0 radical (unpaired) electrons. The second-order valence-corrected chi connectivity index (χ2v) is 8.30. The van der Waals surface area contributed by atoms with Crippen LogP contribution in [0.3, 0.4) is 0 Å². The smallest absolute Gasteiger partial charge is 0.120 e. The van der Waals surface area contributed by atoms with Crippen molar-refractivity contribution in [3.8, 4) is 5.75 Å². The van der Waals surface area contributed by atoms with Gasteiger partial charge in [0.1, 0.15) is 5.75 Å². The lowest BCUT2D eigenvalue weighted by Gasteiger charge is -2.57. The maximum atomic E-state index is 5.32. The van der Waals surface area contributed by atoms with E-state index in [2.05, 4.69) is 28.5 Å². The largest absolute Gasteiger partial charge is 0.497 e. The summed E-state index contributed by atoms with van der Waals surface area (Å²) in [5.74, 6) is 3.92. The van der Waals surface area contributed by atoms with E-state index in [0.29, 0.717) is 5.54 Å². The molecule has 0 saturated heterocycles. The third-order valence-corrected chi connectivity index (χ3v) is 6.58. The van der Waals surface area contributed by atoms with Gasteiger partial charge in [-0.1, -0.05) is 0 Å². The van der Waals surface area contributed by atoms with Gasteiger partial charge in [-0.15, -0.1) is 0 Å². The number of fused-ring (bicyclic) bond motifs is 1. The minimum atomic E-state index is 0.434. The summed E-state index contributed by atoms with van der Waals surface area (Å²) in [7, 11) is 1.72. The Morgan fingerprint density at radius 1 is 1.09 bits per heavy atom. The first-order valence-corrected chi connectivity index (χ1v) is 9.12. The quantitative estimate of drug-likeness (QED) is 0.886. The molecule has 4 aliphatic carbocycles. The fourth-order valence-corrected chi connectivity index (χ4v) is 6.00. The summed E-state index contributed by atoms with van der Waals surface area (Å²) >= 11 is 0. The predicted octanol–water partition coefficient (Wildman–Crippen LogP) is 4.23. The van der Waals surface area contributed by atoms with E-state index in [0.717, 1.165) is 30.0 Å². The number of ether oxygens (including phenoxy) is 1. The molecule has 0 atom stereocenters. The van der Waals surface area contributed by atoms with Crippen molar-refractivity contribution in [2.45, 2.75) is 50.6 Å².